The van der Waals surface area contributed by atoms with Gasteiger partial charge in [-0.3, -0.25) is 9.59 Å². The molecule has 1 N–H and O–H groups in total. The third-order valence-electron chi connectivity index (χ3n) is 4.90. The fourth-order valence-electron chi connectivity index (χ4n) is 3.26. The van der Waals surface area contributed by atoms with Crippen molar-refractivity contribution in [3.05, 3.63) is 65.7 Å². The number of para-hydroxylation sites is 1. The summed E-state index contributed by atoms with van der Waals surface area (Å²) in [6, 6.07) is 17.0. The van der Waals surface area contributed by atoms with Crippen molar-refractivity contribution in [1.82, 2.24) is 10.2 Å². The molecule has 0 bridgehead atoms. The van der Waals surface area contributed by atoms with Gasteiger partial charge in [0, 0.05) is 25.2 Å². The largest absolute Gasteiger partial charge is 0.484 e. The molecule has 1 saturated heterocycles. The second-order valence-corrected chi connectivity index (χ2v) is 7.01. The highest BCUT2D eigenvalue weighted by Gasteiger charge is 2.23. The van der Waals surface area contributed by atoms with Gasteiger partial charge in [0.1, 0.15) is 5.75 Å². The Balaban J connectivity index is 1.38. The van der Waals surface area contributed by atoms with Gasteiger partial charge in [-0.1, -0.05) is 35.9 Å². The molecule has 0 radical (unpaired) electrons. The second kappa shape index (κ2) is 9.21. The zero-order valence-electron chi connectivity index (χ0n) is 15.7. The lowest BCUT2D eigenvalue weighted by Gasteiger charge is -2.32. The number of hydrogen-bond acceptors (Lipinski definition) is 3. The van der Waals surface area contributed by atoms with Crippen molar-refractivity contribution in [3.8, 4) is 5.75 Å². The minimum absolute atomic E-state index is 0.0149. The van der Waals surface area contributed by atoms with E-state index in [-0.39, 0.29) is 18.4 Å². The molecular formula is C22H26N2O3. The quantitative estimate of drug-likeness (QED) is 0.855. The second-order valence-electron chi connectivity index (χ2n) is 7.01. The fraction of sp³-hybridized carbons (Fsp3) is 0.364. The molecular weight excluding hydrogens is 340 g/mol. The van der Waals surface area contributed by atoms with E-state index in [1.54, 1.807) is 0 Å². The van der Waals surface area contributed by atoms with Gasteiger partial charge < -0.3 is 15.0 Å². The number of nitrogens with one attached hydrogen (secondary N) is 1. The van der Waals surface area contributed by atoms with Gasteiger partial charge in [-0.15, -0.1) is 0 Å². The van der Waals surface area contributed by atoms with Crippen LogP contribution in [-0.4, -0.2) is 43.0 Å². The fourth-order valence-corrected chi connectivity index (χ4v) is 3.26. The zero-order chi connectivity index (χ0) is 19.1. The van der Waals surface area contributed by atoms with Crippen molar-refractivity contribution in [2.24, 2.45) is 5.92 Å². The maximum atomic E-state index is 12.3. The number of rotatable bonds is 6. The summed E-state index contributed by atoms with van der Waals surface area (Å²) in [5.41, 5.74) is 1.77. The molecule has 1 fully saturated rings. The Morgan fingerprint density at radius 1 is 1.07 bits per heavy atom. The van der Waals surface area contributed by atoms with Crippen LogP contribution >= 0.6 is 0 Å². The van der Waals surface area contributed by atoms with Crippen molar-refractivity contribution in [1.29, 1.82) is 0 Å². The highest BCUT2D eigenvalue weighted by atomic mass is 16.5. The van der Waals surface area contributed by atoms with Crippen LogP contribution in [0.15, 0.2) is 54.6 Å². The van der Waals surface area contributed by atoms with Crippen LogP contribution in [0.1, 0.15) is 28.8 Å². The molecule has 0 saturated carbocycles. The van der Waals surface area contributed by atoms with E-state index in [9.17, 15) is 9.59 Å². The van der Waals surface area contributed by atoms with Crippen LogP contribution < -0.4 is 10.1 Å². The molecule has 1 heterocycles. The van der Waals surface area contributed by atoms with Crippen molar-refractivity contribution < 1.29 is 14.3 Å². The molecule has 142 valence electrons. The van der Waals surface area contributed by atoms with Gasteiger partial charge in [0.05, 0.1) is 0 Å². The lowest BCUT2D eigenvalue weighted by molar-refractivity contribution is -0.134. The van der Waals surface area contributed by atoms with E-state index in [4.69, 9.17) is 4.74 Å². The number of ether oxygens (including phenoxy) is 1. The molecule has 5 nitrogen and oxygen atoms in total. The van der Waals surface area contributed by atoms with Crippen molar-refractivity contribution in [3.63, 3.8) is 0 Å². The molecule has 2 amide bonds. The number of hydrogen-bond donors (Lipinski definition) is 1. The molecule has 5 heteroatoms. The molecule has 0 aliphatic carbocycles. The summed E-state index contributed by atoms with van der Waals surface area (Å²) >= 11 is 0. The average molecular weight is 366 g/mol. The van der Waals surface area contributed by atoms with E-state index in [0.29, 0.717) is 36.9 Å². The Labute approximate surface area is 160 Å². The van der Waals surface area contributed by atoms with Crippen molar-refractivity contribution in [2.75, 3.05) is 26.2 Å². The first-order valence-corrected chi connectivity index (χ1v) is 9.42. The molecule has 2 aromatic rings. The Hall–Kier alpha value is -2.82. The number of carbonyl (C=O) groups is 2. The van der Waals surface area contributed by atoms with E-state index >= 15 is 0 Å². The Bertz CT molecular complexity index is 768. The predicted octanol–water partition coefficient (Wildman–Crippen LogP) is 3.04. The topological polar surface area (TPSA) is 58.6 Å². The maximum absolute atomic E-state index is 12.3. The minimum atomic E-state index is -0.0338. The van der Waals surface area contributed by atoms with Gasteiger partial charge in [0.15, 0.2) is 6.61 Å². The molecule has 27 heavy (non-hydrogen) atoms. The van der Waals surface area contributed by atoms with Crippen LogP contribution in [0.4, 0.5) is 0 Å². The van der Waals surface area contributed by atoms with E-state index in [1.165, 1.54) is 0 Å². The van der Waals surface area contributed by atoms with Gasteiger partial charge in [0.25, 0.3) is 11.8 Å². The molecule has 1 aliphatic heterocycles. The predicted molar refractivity (Wildman–Crippen MR) is 105 cm³/mol. The number of amides is 2. The van der Waals surface area contributed by atoms with Gasteiger partial charge in [-0.2, -0.15) is 0 Å². The normalized spacial score (nSPS) is 14.6. The monoisotopic (exact) mass is 366 g/mol. The van der Waals surface area contributed by atoms with Crippen LogP contribution in [0, 0.1) is 12.8 Å². The Kier molecular flexibility index (Phi) is 6.47. The molecule has 1 aliphatic rings. The number of aryl methyl sites for hydroxylation is 1. The SMILES string of the molecule is Cc1cccc(C(=O)NCC2CCN(C(=O)COc3ccccc3)CC2)c1. The molecule has 0 aromatic heterocycles. The van der Waals surface area contributed by atoms with E-state index in [2.05, 4.69) is 5.32 Å². The van der Waals surface area contributed by atoms with Crippen LogP contribution in [0.5, 0.6) is 5.75 Å². The van der Waals surface area contributed by atoms with E-state index in [1.807, 2.05) is 66.4 Å². The number of likely N-dealkylation sites (tertiary alicyclic amines) is 1. The third-order valence-corrected chi connectivity index (χ3v) is 4.90. The standard InChI is InChI=1S/C22H26N2O3/c1-17-6-5-7-19(14-17)22(26)23-15-18-10-12-24(13-11-18)21(25)16-27-20-8-3-2-4-9-20/h2-9,14,18H,10-13,15-16H2,1H3,(H,23,26). The summed E-state index contributed by atoms with van der Waals surface area (Å²) in [6.45, 7) is 4.11. The Morgan fingerprint density at radius 3 is 2.52 bits per heavy atom. The summed E-state index contributed by atoms with van der Waals surface area (Å²) in [6.07, 6.45) is 1.79. The molecule has 0 unspecified atom stereocenters. The third kappa shape index (κ3) is 5.58. The lowest BCUT2D eigenvalue weighted by atomic mass is 9.96. The smallest absolute Gasteiger partial charge is 0.260 e. The molecule has 2 aromatic carbocycles. The summed E-state index contributed by atoms with van der Waals surface area (Å²) in [7, 11) is 0. The van der Waals surface area contributed by atoms with Crippen molar-refractivity contribution in [2.45, 2.75) is 19.8 Å². The van der Waals surface area contributed by atoms with Crippen LogP contribution in [0.2, 0.25) is 0 Å². The average Bonchev–Trinajstić information content (AvgIpc) is 2.71. The number of benzene rings is 2. The van der Waals surface area contributed by atoms with Gasteiger partial charge in [0.2, 0.25) is 0 Å². The maximum Gasteiger partial charge on any atom is 0.260 e. The van der Waals surface area contributed by atoms with Crippen LogP contribution in [-0.2, 0) is 4.79 Å². The molecule has 0 spiro atoms. The number of carbonyl (C=O) groups excluding carboxylic acids is 2. The van der Waals surface area contributed by atoms with Crippen LogP contribution in [0.3, 0.4) is 0 Å². The van der Waals surface area contributed by atoms with Gasteiger partial charge >= 0.3 is 0 Å². The summed E-state index contributed by atoms with van der Waals surface area (Å²) in [4.78, 5) is 26.4. The Morgan fingerprint density at radius 2 is 1.81 bits per heavy atom. The molecule has 0 atom stereocenters. The highest BCUT2D eigenvalue weighted by Crippen LogP contribution is 2.17. The van der Waals surface area contributed by atoms with Gasteiger partial charge in [-0.25, -0.2) is 0 Å². The summed E-state index contributed by atoms with van der Waals surface area (Å²) in [5, 5.41) is 3.02. The molecule has 3 rings (SSSR count). The van der Waals surface area contributed by atoms with Gasteiger partial charge in [-0.05, 0) is 49.9 Å². The summed E-state index contributed by atoms with van der Waals surface area (Å²) < 4.78 is 5.54. The van der Waals surface area contributed by atoms with Crippen molar-refractivity contribution >= 4 is 11.8 Å². The van der Waals surface area contributed by atoms with E-state index < -0.39 is 0 Å². The minimum Gasteiger partial charge on any atom is -0.484 e. The number of piperidine rings is 1. The first kappa shape index (κ1) is 19.0. The van der Waals surface area contributed by atoms with E-state index in [0.717, 1.165) is 18.4 Å². The first-order chi connectivity index (χ1) is 13.1. The first-order valence-electron chi connectivity index (χ1n) is 9.42. The zero-order valence-corrected chi connectivity index (χ0v) is 15.7. The highest BCUT2D eigenvalue weighted by molar-refractivity contribution is 5.94. The van der Waals surface area contributed by atoms with Crippen LogP contribution in [0.25, 0.3) is 0 Å². The lowest BCUT2D eigenvalue weighted by Crippen LogP contribution is -2.43. The summed E-state index contributed by atoms with van der Waals surface area (Å²) in [5.74, 6) is 1.09. The number of nitrogens with zero attached hydrogens (tertiary/aromatic N) is 1.